The molecule has 1 aliphatic rings. The number of rotatable bonds is 3. The van der Waals surface area contributed by atoms with E-state index in [0.29, 0.717) is 35.4 Å². The molecule has 19 heavy (non-hydrogen) atoms. The first-order chi connectivity index (χ1) is 9.11. The van der Waals surface area contributed by atoms with E-state index in [-0.39, 0.29) is 11.8 Å². The fourth-order valence-corrected chi connectivity index (χ4v) is 1.92. The molecule has 0 radical (unpaired) electrons. The summed E-state index contributed by atoms with van der Waals surface area (Å²) in [4.78, 5) is 11.9. The van der Waals surface area contributed by atoms with Gasteiger partial charge in [-0.2, -0.15) is 0 Å². The Morgan fingerprint density at radius 1 is 1.37 bits per heavy atom. The van der Waals surface area contributed by atoms with E-state index in [4.69, 9.17) is 21.1 Å². The molecule has 1 aromatic rings. The largest absolute Gasteiger partial charge is 0.490 e. The number of ether oxygens (including phenoxy) is 2. The first-order valence-corrected chi connectivity index (χ1v) is 6.89. The standard InChI is InChI=1S/C14H18ClNO3/c1-3-9(2)14(17)16-11-8-13-12(7-10(11)15)18-5-4-6-19-13/h7-9H,3-6H2,1-2H3,(H,16,17). The molecule has 1 atom stereocenters. The fraction of sp³-hybridized carbons (Fsp3) is 0.500. The average Bonchev–Trinajstić information content (AvgIpc) is 2.63. The van der Waals surface area contributed by atoms with Crippen LogP contribution in [0.15, 0.2) is 12.1 Å². The Hall–Kier alpha value is -1.42. The molecule has 5 heteroatoms. The summed E-state index contributed by atoms with van der Waals surface area (Å²) in [7, 11) is 0. The second-order valence-corrected chi connectivity index (χ2v) is 5.04. The van der Waals surface area contributed by atoms with Gasteiger partial charge in [0, 0.05) is 24.5 Å². The minimum absolute atomic E-state index is 0.0427. The van der Waals surface area contributed by atoms with Gasteiger partial charge in [-0.3, -0.25) is 4.79 Å². The van der Waals surface area contributed by atoms with Crippen LogP contribution >= 0.6 is 11.6 Å². The van der Waals surface area contributed by atoms with E-state index in [2.05, 4.69) is 5.32 Å². The van der Waals surface area contributed by atoms with Gasteiger partial charge in [0.05, 0.1) is 23.9 Å². The topological polar surface area (TPSA) is 47.6 Å². The third-order valence-electron chi connectivity index (χ3n) is 3.16. The molecule has 0 fully saturated rings. The van der Waals surface area contributed by atoms with E-state index in [0.717, 1.165) is 12.8 Å². The Labute approximate surface area is 118 Å². The van der Waals surface area contributed by atoms with E-state index < -0.39 is 0 Å². The number of carbonyl (C=O) groups excluding carboxylic acids is 1. The Balaban J connectivity index is 2.22. The lowest BCUT2D eigenvalue weighted by Gasteiger charge is -2.14. The number of benzene rings is 1. The van der Waals surface area contributed by atoms with E-state index in [9.17, 15) is 4.79 Å². The van der Waals surface area contributed by atoms with Crippen LogP contribution in [0.4, 0.5) is 5.69 Å². The SMILES string of the molecule is CCC(C)C(=O)Nc1cc2c(cc1Cl)OCCCO2. The Morgan fingerprint density at radius 2 is 2.00 bits per heavy atom. The lowest BCUT2D eigenvalue weighted by molar-refractivity contribution is -0.119. The zero-order chi connectivity index (χ0) is 13.8. The molecule has 1 heterocycles. The number of anilines is 1. The van der Waals surface area contributed by atoms with Crippen LogP contribution in [0.2, 0.25) is 5.02 Å². The van der Waals surface area contributed by atoms with E-state index >= 15 is 0 Å². The Kier molecular flexibility index (Phi) is 4.53. The van der Waals surface area contributed by atoms with Crippen LogP contribution in [0.3, 0.4) is 0 Å². The predicted octanol–water partition coefficient (Wildman–Crippen LogP) is 3.49. The normalized spacial score (nSPS) is 15.5. The van der Waals surface area contributed by atoms with Gasteiger partial charge < -0.3 is 14.8 Å². The molecule has 4 nitrogen and oxygen atoms in total. The fourth-order valence-electron chi connectivity index (χ4n) is 1.72. The van der Waals surface area contributed by atoms with Gasteiger partial charge in [0.15, 0.2) is 11.5 Å². The van der Waals surface area contributed by atoms with Gasteiger partial charge in [-0.15, -0.1) is 0 Å². The number of hydrogen-bond donors (Lipinski definition) is 1. The van der Waals surface area contributed by atoms with Crippen molar-refractivity contribution < 1.29 is 14.3 Å². The number of carbonyl (C=O) groups is 1. The highest BCUT2D eigenvalue weighted by atomic mass is 35.5. The Bertz CT molecular complexity index is 476. The van der Waals surface area contributed by atoms with Crippen LogP contribution in [-0.4, -0.2) is 19.1 Å². The minimum atomic E-state index is -0.0490. The van der Waals surface area contributed by atoms with Crippen LogP contribution in [0.5, 0.6) is 11.5 Å². The molecule has 1 aliphatic heterocycles. The average molecular weight is 284 g/mol. The van der Waals surface area contributed by atoms with Crippen molar-refractivity contribution in [3.63, 3.8) is 0 Å². The molecule has 104 valence electrons. The van der Waals surface area contributed by atoms with Gasteiger partial charge in [0.2, 0.25) is 5.91 Å². The van der Waals surface area contributed by atoms with Gasteiger partial charge in [0.25, 0.3) is 0 Å². The highest BCUT2D eigenvalue weighted by Gasteiger charge is 2.17. The molecule has 1 unspecified atom stereocenters. The molecule has 0 aliphatic carbocycles. The lowest BCUT2D eigenvalue weighted by atomic mass is 10.1. The minimum Gasteiger partial charge on any atom is -0.490 e. The van der Waals surface area contributed by atoms with Crippen molar-refractivity contribution in [1.29, 1.82) is 0 Å². The van der Waals surface area contributed by atoms with Crippen LogP contribution in [0.1, 0.15) is 26.7 Å². The van der Waals surface area contributed by atoms with Crippen molar-refractivity contribution >= 4 is 23.2 Å². The predicted molar refractivity (Wildman–Crippen MR) is 75.1 cm³/mol. The maximum atomic E-state index is 11.9. The quantitative estimate of drug-likeness (QED) is 0.924. The molecule has 0 spiro atoms. The molecule has 0 saturated heterocycles. The summed E-state index contributed by atoms with van der Waals surface area (Å²) >= 11 is 6.16. The highest BCUT2D eigenvalue weighted by molar-refractivity contribution is 6.34. The molecule has 2 rings (SSSR count). The van der Waals surface area contributed by atoms with Gasteiger partial charge in [0.1, 0.15) is 0 Å². The Morgan fingerprint density at radius 3 is 2.63 bits per heavy atom. The number of fused-ring (bicyclic) bond motifs is 1. The monoisotopic (exact) mass is 283 g/mol. The van der Waals surface area contributed by atoms with Crippen molar-refractivity contribution in [2.45, 2.75) is 26.7 Å². The molecule has 0 bridgehead atoms. The third-order valence-corrected chi connectivity index (χ3v) is 3.47. The van der Waals surface area contributed by atoms with E-state index in [1.165, 1.54) is 0 Å². The van der Waals surface area contributed by atoms with E-state index in [1.54, 1.807) is 12.1 Å². The zero-order valence-electron chi connectivity index (χ0n) is 11.2. The van der Waals surface area contributed by atoms with Crippen LogP contribution < -0.4 is 14.8 Å². The summed E-state index contributed by atoms with van der Waals surface area (Å²) < 4.78 is 11.1. The van der Waals surface area contributed by atoms with Crippen LogP contribution in [0.25, 0.3) is 0 Å². The maximum absolute atomic E-state index is 11.9. The summed E-state index contributed by atoms with van der Waals surface area (Å²) in [6.07, 6.45) is 1.62. The summed E-state index contributed by atoms with van der Waals surface area (Å²) in [5.74, 6) is 1.16. The molecule has 1 N–H and O–H groups in total. The van der Waals surface area contributed by atoms with Gasteiger partial charge in [-0.05, 0) is 6.42 Å². The summed E-state index contributed by atoms with van der Waals surface area (Å²) in [6, 6.07) is 3.41. The summed E-state index contributed by atoms with van der Waals surface area (Å²) in [6.45, 7) is 5.07. The smallest absolute Gasteiger partial charge is 0.227 e. The molecular weight excluding hydrogens is 266 g/mol. The maximum Gasteiger partial charge on any atom is 0.227 e. The lowest BCUT2D eigenvalue weighted by Crippen LogP contribution is -2.19. The van der Waals surface area contributed by atoms with E-state index in [1.807, 2.05) is 13.8 Å². The number of amides is 1. The summed E-state index contributed by atoms with van der Waals surface area (Å²) in [5, 5.41) is 3.28. The number of nitrogens with one attached hydrogen (secondary N) is 1. The van der Waals surface area contributed by atoms with Gasteiger partial charge >= 0.3 is 0 Å². The molecule has 0 aromatic heterocycles. The number of hydrogen-bond acceptors (Lipinski definition) is 3. The second-order valence-electron chi connectivity index (χ2n) is 4.63. The zero-order valence-corrected chi connectivity index (χ0v) is 11.9. The van der Waals surface area contributed by atoms with Crippen molar-refractivity contribution in [2.75, 3.05) is 18.5 Å². The van der Waals surface area contributed by atoms with Crippen LogP contribution in [-0.2, 0) is 4.79 Å². The first kappa shape index (κ1) is 14.0. The van der Waals surface area contributed by atoms with Gasteiger partial charge in [-0.1, -0.05) is 25.4 Å². The van der Waals surface area contributed by atoms with Crippen molar-refractivity contribution in [3.8, 4) is 11.5 Å². The molecule has 1 aromatic carbocycles. The molecular formula is C14H18ClNO3. The molecule has 0 saturated carbocycles. The van der Waals surface area contributed by atoms with Crippen molar-refractivity contribution in [3.05, 3.63) is 17.2 Å². The second kappa shape index (κ2) is 6.15. The van der Waals surface area contributed by atoms with Gasteiger partial charge in [-0.25, -0.2) is 0 Å². The number of halogens is 1. The van der Waals surface area contributed by atoms with Crippen molar-refractivity contribution in [2.24, 2.45) is 5.92 Å². The highest BCUT2D eigenvalue weighted by Crippen LogP contribution is 2.37. The summed E-state index contributed by atoms with van der Waals surface area (Å²) in [5.41, 5.74) is 0.566. The molecule has 1 amide bonds. The third kappa shape index (κ3) is 3.32. The first-order valence-electron chi connectivity index (χ1n) is 6.51. The van der Waals surface area contributed by atoms with Crippen molar-refractivity contribution in [1.82, 2.24) is 0 Å². The van der Waals surface area contributed by atoms with Crippen LogP contribution in [0, 0.1) is 5.92 Å².